The summed E-state index contributed by atoms with van der Waals surface area (Å²) in [6.45, 7) is 14.3. The molecular weight excluding hydrogens is 896 g/mol. The maximum atomic E-state index is 15.2. The number of hydrogen-bond acceptors (Lipinski definition) is 12. The Labute approximate surface area is 402 Å². The number of carbonyl (C=O) groups is 4. The first-order valence-electron chi connectivity index (χ1n) is 23.8. The fraction of sp³-hybridized carbons (Fsp3) is 0.620. The molecule has 2 saturated carbocycles. The van der Waals surface area contributed by atoms with Crippen LogP contribution >= 0.6 is 23.1 Å². The number of nitrogens with zero attached hydrogens (tertiary/aromatic N) is 3. The standard InChI is InChI=1S/C50H69FN6O8S2/c1-31-42(66-30-53-31)35-14-12-32(13-15-35)26-52-44(59)40-24-36(58)28-57(40)45(60)43(55-46(61)50(51)20-21-50)49(5,6)67-29-34-10-8-33(9-11-34)27-56-22-18-37(19-23-56)64-38-16-17-39(41(25-38)63-7)54-47(62)65-48(2,3)4/h12-17,25,30,33-34,36-37,40,43,58H,8-11,18-24,26-29H2,1-7H3,(H,52,59)(H,54,62)(H,55,61)/t33?,34?,36-,40+,43+/m1/s1. The third-order valence-electron chi connectivity index (χ3n) is 13.4. The van der Waals surface area contributed by atoms with Crippen LogP contribution in [0.5, 0.6) is 11.5 Å². The highest BCUT2D eigenvalue weighted by atomic mass is 32.2. The molecular formula is C50H69FN6O8S2. The molecule has 2 saturated heterocycles. The fourth-order valence-electron chi connectivity index (χ4n) is 9.29. The molecule has 3 aromatic rings. The third kappa shape index (κ3) is 13.4. The first-order chi connectivity index (χ1) is 31.8. The number of halogens is 1. The van der Waals surface area contributed by atoms with Crippen LogP contribution in [0.3, 0.4) is 0 Å². The summed E-state index contributed by atoms with van der Waals surface area (Å²) < 4.78 is 31.6. The first-order valence-corrected chi connectivity index (χ1v) is 25.6. The van der Waals surface area contributed by atoms with E-state index in [4.69, 9.17) is 14.2 Å². The number of methoxy groups -OCH3 is 1. The van der Waals surface area contributed by atoms with Gasteiger partial charge in [-0.3, -0.25) is 19.7 Å². The zero-order chi connectivity index (χ0) is 48.1. The molecule has 4 N–H and O–H groups in total. The number of piperidine rings is 1. The van der Waals surface area contributed by atoms with Crippen molar-refractivity contribution in [3.63, 3.8) is 0 Å². The van der Waals surface area contributed by atoms with E-state index >= 15 is 4.39 Å². The van der Waals surface area contributed by atoms with E-state index in [9.17, 15) is 24.3 Å². The van der Waals surface area contributed by atoms with Crippen LogP contribution in [0.25, 0.3) is 10.4 Å². The molecule has 2 aromatic carbocycles. The number of alkyl halides is 1. The van der Waals surface area contributed by atoms with Gasteiger partial charge in [0.15, 0.2) is 5.67 Å². The van der Waals surface area contributed by atoms with Crippen molar-refractivity contribution in [1.82, 2.24) is 25.4 Å². The van der Waals surface area contributed by atoms with Crippen molar-refractivity contribution in [2.75, 3.05) is 44.4 Å². The number of aromatic nitrogens is 1. The molecule has 17 heteroatoms. The number of β-amino-alcohol motifs (C(OH)–C–C–N with tert-alkyl or cyclic N) is 1. The van der Waals surface area contributed by atoms with Crippen molar-refractivity contribution in [1.29, 1.82) is 0 Å². The lowest BCUT2D eigenvalue weighted by Gasteiger charge is -2.39. The third-order valence-corrected chi connectivity index (χ3v) is 16.0. The number of thiazole rings is 1. The van der Waals surface area contributed by atoms with Crippen molar-refractivity contribution < 1.29 is 42.9 Å². The maximum absolute atomic E-state index is 15.2. The van der Waals surface area contributed by atoms with Gasteiger partial charge in [-0.25, -0.2) is 14.2 Å². The van der Waals surface area contributed by atoms with E-state index in [1.165, 1.54) is 4.90 Å². The number of likely N-dealkylation sites (tertiary alicyclic amines) is 2. The molecule has 7 rings (SSSR count). The summed E-state index contributed by atoms with van der Waals surface area (Å²) in [6.07, 6.45) is 5.05. The second kappa shape index (κ2) is 21.5. The van der Waals surface area contributed by atoms with E-state index in [0.717, 1.165) is 85.6 Å². The average molecular weight is 965 g/mol. The number of benzene rings is 2. The summed E-state index contributed by atoms with van der Waals surface area (Å²) in [5.41, 5.74) is 2.61. The zero-order valence-corrected chi connectivity index (χ0v) is 41.7. The van der Waals surface area contributed by atoms with E-state index in [1.54, 1.807) is 42.3 Å². The molecule has 0 radical (unpaired) electrons. The van der Waals surface area contributed by atoms with Gasteiger partial charge in [0.05, 0.1) is 35.0 Å². The molecule has 0 bridgehead atoms. The predicted octanol–water partition coefficient (Wildman–Crippen LogP) is 7.90. The van der Waals surface area contributed by atoms with Crippen LogP contribution in [-0.2, 0) is 25.7 Å². The van der Waals surface area contributed by atoms with Crippen molar-refractivity contribution in [2.45, 2.75) is 146 Å². The first kappa shape index (κ1) is 50.4. The lowest BCUT2D eigenvalue weighted by atomic mass is 9.82. The number of ether oxygens (including phenoxy) is 3. The molecule has 4 aliphatic rings. The van der Waals surface area contributed by atoms with Crippen LogP contribution in [0.2, 0.25) is 0 Å². The van der Waals surface area contributed by atoms with Gasteiger partial charge in [-0.05, 0) is 134 Å². The Morgan fingerprint density at radius 2 is 1.67 bits per heavy atom. The molecule has 366 valence electrons. The van der Waals surface area contributed by atoms with Crippen molar-refractivity contribution in [2.24, 2.45) is 11.8 Å². The molecule has 4 amide bonds. The molecule has 2 aliphatic heterocycles. The predicted molar refractivity (Wildman–Crippen MR) is 260 cm³/mol. The largest absolute Gasteiger partial charge is 0.494 e. The number of amides is 4. The summed E-state index contributed by atoms with van der Waals surface area (Å²) >= 11 is 3.18. The number of rotatable bonds is 17. The van der Waals surface area contributed by atoms with Gasteiger partial charge < -0.3 is 39.8 Å². The SMILES string of the molecule is COc1cc(OC2CCN(CC3CCC(CSC(C)(C)[C@@H](NC(=O)C4(F)CC4)C(=O)N4C[C@H](O)C[C@H]4C(=O)NCc4ccc(-c5scnc5C)cc4)CC3)CC2)ccc1NC(=O)OC(C)(C)C. The van der Waals surface area contributed by atoms with Crippen LogP contribution in [0.15, 0.2) is 48.0 Å². The Hall–Kier alpha value is -4.45. The Morgan fingerprint density at radius 1 is 0.985 bits per heavy atom. The van der Waals surface area contributed by atoms with Crippen molar-refractivity contribution in [3.8, 4) is 21.9 Å². The van der Waals surface area contributed by atoms with Crippen LogP contribution in [0.1, 0.15) is 104 Å². The second-order valence-electron chi connectivity index (χ2n) is 20.4. The molecule has 67 heavy (non-hydrogen) atoms. The normalized spacial score (nSPS) is 22.7. The molecule has 0 spiro atoms. The van der Waals surface area contributed by atoms with Gasteiger partial charge in [-0.1, -0.05) is 24.3 Å². The zero-order valence-electron chi connectivity index (χ0n) is 40.0. The van der Waals surface area contributed by atoms with Gasteiger partial charge >= 0.3 is 6.09 Å². The lowest BCUT2D eigenvalue weighted by molar-refractivity contribution is -0.143. The number of aliphatic hydroxyl groups excluding tert-OH is 1. The van der Waals surface area contributed by atoms with Gasteiger partial charge in [0.2, 0.25) is 11.8 Å². The number of aryl methyl sites for hydroxylation is 1. The minimum absolute atomic E-state index is 0.0535. The Morgan fingerprint density at radius 3 is 2.30 bits per heavy atom. The number of thioether (sulfide) groups is 1. The summed E-state index contributed by atoms with van der Waals surface area (Å²) in [5.74, 6) is 1.31. The van der Waals surface area contributed by atoms with Gasteiger partial charge in [-0.15, -0.1) is 11.3 Å². The van der Waals surface area contributed by atoms with E-state index in [0.29, 0.717) is 29.0 Å². The average Bonchev–Trinajstić information content (AvgIpc) is 3.70. The minimum Gasteiger partial charge on any atom is -0.494 e. The monoisotopic (exact) mass is 964 g/mol. The summed E-state index contributed by atoms with van der Waals surface area (Å²) in [7, 11) is 1.55. The summed E-state index contributed by atoms with van der Waals surface area (Å²) in [6, 6.07) is 11.2. The van der Waals surface area contributed by atoms with Crippen LogP contribution in [0.4, 0.5) is 14.9 Å². The van der Waals surface area contributed by atoms with Gasteiger partial charge in [0.1, 0.15) is 35.3 Å². The Bertz CT molecular complexity index is 2200. The fourth-order valence-corrected chi connectivity index (χ4v) is 11.4. The highest BCUT2D eigenvalue weighted by molar-refractivity contribution is 8.00. The number of anilines is 1. The van der Waals surface area contributed by atoms with Gasteiger partial charge in [-0.2, -0.15) is 11.8 Å². The molecule has 2 aliphatic carbocycles. The quantitative estimate of drug-likeness (QED) is 0.104. The number of nitrogens with one attached hydrogen (secondary N) is 3. The number of aliphatic hydroxyl groups is 1. The summed E-state index contributed by atoms with van der Waals surface area (Å²) in [5, 5.41) is 19.3. The summed E-state index contributed by atoms with van der Waals surface area (Å²) in [4.78, 5) is 63.1. The smallest absolute Gasteiger partial charge is 0.412 e. The van der Waals surface area contributed by atoms with Crippen LogP contribution in [-0.4, -0.2) is 123 Å². The van der Waals surface area contributed by atoms with Crippen LogP contribution < -0.4 is 25.4 Å². The maximum Gasteiger partial charge on any atom is 0.412 e. The topological polar surface area (TPSA) is 172 Å². The molecule has 3 heterocycles. The van der Waals surface area contributed by atoms with Gasteiger partial charge in [0, 0.05) is 50.0 Å². The van der Waals surface area contributed by atoms with Crippen molar-refractivity contribution in [3.05, 3.63) is 59.2 Å². The van der Waals surface area contributed by atoms with E-state index in [2.05, 4.69) is 25.8 Å². The van der Waals surface area contributed by atoms with E-state index < -0.39 is 52.1 Å². The second-order valence-corrected chi connectivity index (χ2v) is 22.9. The Kier molecular flexibility index (Phi) is 16.2. The minimum atomic E-state index is -1.99. The highest BCUT2D eigenvalue weighted by Crippen LogP contribution is 2.42. The molecule has 0 unspecified atom stereocenters. The lowest BCUT2D eigenvalue weighted by Crippen LogP contribution is -2.61. The van der Waals surface area contributed by atoms with Crippen molar-refractivity contribution >= 4 is 52.6 Å². The Balaban J connectivity index is 0.875. The van der Waals surface area contributed by atoms with E-state index in [1.807, 2.05) is 77.4 Å². The molecule has 3 atom stereocenters. The molecule has 1 aromatic heterocycles. The van der Waals surface area contributed by atoms with E-state index in [-0.39, 0.29) is 44.4 Å². The van der Waals surface area contributed by atoms with Gasteiger partial charge in [0.25, 0.3) is 5.91 Å². The van der Waals surface area contributed by atoms with Crippen LogP contribution in [0, 0.1) is 18.8 Å². The molecule has 14 nitrogen and oxygen atoms in total. The highest BCUT2D eigenvalue weighted by Gasteiger charge is 2.54. The number of hydrogen-bond donors (Lipinski definition) is 4. The molecule has 4 fully saturated rings. The number of carbonyl (C=O) groups excluding carboxylic acids is 4.